The molecule has 1 unspecified atom stereocenters. The van der Waals surface area contributed by atoms with E-state index in [1.165, 1.54) is 83.5 Å². The number of phosphoric acid groups is 1. The first-order valence-corrected chi connectivity index (χ1v) is 23.7. The number of unbranched alkanes of at least 4 members (excludes halogenated alkanes) is 14. The Hall–Kier alpha value is -2.04. The van der Waals surface area contributed by atoms with E-state index >= 15 is 0 Å². The summed E-state index contributed by atoms with van der Waals surface area (Å²) in [5.41, 5.74) is 0. The maximum Gasteiger partial charge on any atom is 0.306 e. The molecule has 0 aliphatic rings. The van der Waals surface area contributed by atoms with Crippen LogP contribution in [0.5, 0.6) is 0 Å². The van der Waals surface area contributed by atoms with Gasteiger partial charge in [0.1, 0.15) is 19.8 Å². The number of rotatable bonds is 40. The number of aliphatic hydroxyl groups excluding tert-OH is 2. The highest BCUT2D eigenvalue weighted by Crippen LogP contribution is 2.38. The normalized spacial score (nSPS) is 15.4. The van der Waals surface area contributed by atoms with E-state index in [-0.39, 0.29) is 32.5 Å². The SMILES string of the molecule is CC/C=C\C/C=C\C/C=C\C/C=C\C[C@@H](O)[C@H](O)CCCC(=O)O[C@H](CO/C=C/CCCCCCCCCCCCCCCC)COP(=O)([O-])OCC[N+](C)(C)C. The molecule has 0 radical (unpaired) electrons. The highest BCUT2D eigenvalue weighted by atomic mass is 31.2. The van der Waals surface area contributed by atoms with Gasteiger partial charge in [-0.05, 0) is 63.9 Å². The largest absolute Gasteiger partial charge is 0.756 e. The minimum Gasteiger partial charge on any atom is -0.756 e. The molecule has 0 spiro atoms. The lowest BCUT2D eigenvalue weighted by Gasteiger charge is -2.28. The number of ether oxygens (including phenoxy) is 2. The van der Waals surface area contributed by atoms with Crippen molar-refractivity contribution in [3.05, 3.63) is 60.9 Å². The summed E-state index contributed by atoms with van der Waals surface area (Å²) in [6.07, 6.45) is 40.7. The van der Waals surface area contributed by atoms with Crippen LogP contribution in [-0.2, 0) is 27.9 Å². The van der Waals surface area contributed by atoms with Crippen LogP contribution in [0.1, 0.15) is 162 Å². The summed E-state index contributed by atoms with van der Waals surface area (Å²) < 4.78 is 34.1. The maximum atomic E-state index is 12.7. The monoisotopic (exact) mass is 826 g/mol. The average molecular weight is 826 g/mol. The van der Waals surface area contributed by atoms with E-state index in [0.717, 1.165) is 38.5 Å². The highest BCUT2D eigenvalue weighted by molar-refractivity contribution is 7.45. The van der Waals surface area contributed by atoms with Crippen molar-refractivity contribution in [2.24, 2.45) is 0 Å². The molecule has 0 amide bonds. The third-order valence-corrected chi connectivity index (χ3v) is 10.3. The molecule has 0 saturated carbocycles. The number of esters is 1. The molecule has 0 aromatic rings. The topological polar surface area (TPSA) is 135 Å². The Morgan fingerprint density at radius 1 is 0.667 bits per heavy atom. The van der Waals surface area contributed by atoms with Gasteiger partial charge in [-0.25, -0.2) is 0 Å². The van der Waals surface area contributed by atoms with E-state index in [0.29, 0.717) is 17.4 Å². The fraction of sp³-hybridized carbons (Fsp3) is 0.761. The number of hydrogen-bond donors (Lipinski definition) is 2. The van der Waals surface area contributed by atoms with Crippen molar-refractivity contribution in [2.75, 3.05) is 47.5 Å². The zero-order chi connectivity index (χ0) is 42.3. The summed E-state index contributed by atoms with van der Waals surface area (Å²) in [5.74, 6) is -0.578. The van der Waals surface area contributed by atoms with Crippen LogP contribution in [-0.4, -0.2) is 86.5 Å². The lowest BCUT2D eigenvalue weighted by Crippen LogP contribution is -2.37. The van der Waals surface area contributed by atoms with Crippen LogP contribution in [0.3, 0.4) is 0 Å². The van der Waals surface area contributed by atoms with Gasteiger partial charge in [0.2, 0.25) is 0 Å². The van der Waals surface area contributed by atoms with Gasteiger partial charge in [-0.15, -0.1) is 0 Å². The van der Waals surface area contributed by atoms with Gasteiger partial charge in [0.15, 0.2) is 6.10 Å². The van der Waals surface area contributed by atoms with Gasteiger partial charge in [-0.1, -0.05) is 146 Å². The molecule has 0 aliphatic carbocycles. The van der Waals surface area contributed by atoms with E-state index in [4.69, 9.17) is 18.5 Å². The number of hydrogen-bond acceptors (Lipinski definition) is 9. The Morgan fingerprint density at radius 3 is 1.74 bits per heavy atom. The summed E-state index contributed by atoms with van der Waals surface area (Å²) in [5, 5.41) is 20.8. The Labute approximate surface area is 348 Å². The molecule has 332 valence electrons. The van der Waals surface area contributed by atoms with Crippen molar-refractivity contribution in [3.63, 3.8) is 0 Å². The minimum atomic E-state index is -4.62. The van der Waals surface area contributed by atoms with Crippen LogP contribution in [0, 0.1) is 0 Å². The molecule has 4 atom stereocenters. The Kier molecular flexibility index (Phi) is 36.8. The van der Waals surface area contributed by atoms with Gasteiger partial charge in [0.25, 0.3) is 7.82 Å². The molecule has 10 nitrogen and oxygen atoms in total. The van der Waals surface area contributed by atoms with Crippen LogP contribution in [0.4, 0.5) is 0 Å². The number of carbonyl (C=O) groups excluding carboxylic acids is 1. The van der Waals surface area contributed by atoms with Crippen molar-refractivity contribution in [2.45, 2.75) is 180 Å². The molecule has 0 saturated heterocycles. The number of carbonyl (C=O) groups is 1. The molecule has 0 fully saturated rings. The lowest BCUT2D eigenvalue weighted by atomic mass is 10.0. The third kappa shape index (κ3) is 40.5. The van der Waals surface area contributed by atoms with E-state index < -0.39 is 38.7 Å². The quantitative estimate of drug-likeness (QED) is 0.0155. The number of nitrogens with zero attached hydrogens (tertiary/aromatic N) is 1. The van der Waals surface area contributed by atoms with Crippen LogP contribution < -0.4 is 4.89 Å². The third-order valence-electron chi connectivity index (χ3n) is 9.35. The van der Waals surface area contributed by atoms with Gasteiger partial charge in [-0.3, -0.25) is 9.36 Å². The number of aliphatic hydroxyl groups is 2. The summed E-state index contributed by atoms with van der Waals surface area (Å²) in [4.78, 5) is 25.1. The predicted octanol–water partition coefficient (Wildman–Crippen LogP) is 10.6. The second-order valence-electron chi connectivity index (χ2n) is 16.1. The van der Waals surface area contributed by atoms with Crippen molar-refractivity contribution >= 4 is 13.8 Å². The van der Waals surface area contributed by atoms with Crippen LogP contribution in [0.25, 0.3) is 0 Å². The summed E-state index contributed by atoms with van der Waals surface area (Å²) in [6.45, 7) is 4.27. The highest BCUT2D eigenvalue weighted by Gasteiger charge is 2.21. The van der Waals surface area contributed by atoms with Gasteiger partial charge in [0, 0.05) is 6.42 Å². The van der Waals surface area contributed by atoms with Gasteiger partial charge in [-0.2, -0.15) is 0 Å². The van der Waals surface area contributed by atoms with Crippen LogP contribution in [0.2, 0.25) is 0 Å². The van der Waals surface area contributed by atoms with Gasteiger partial charge < -0.3 is 38.1 Å². The Morgan fingerprint density at radius 2 is 1.19 bits per heavy atom. The Bertz CT molecular complexity index is 1130. The molecular weight excluding hydrogens is 741 g/mol. The van der Waals surface area contributed by atoms with E-state index in [1.54, 1.807) is 6.26 Å². The first-order valence-electron chi connectivity index (χ1n) is 22.2. The van der Waals surface area contributed by atoms with Gasteiger partial charge >= 0.3 is 5.97 Å². The molecule has 11 heteroatoms. The molecule has 2 N–H and O–H groups in total. The second kappa shape index (κ2) is 38.2. The maximum absolute atomic E-state index is 12.7. The van der Waals surface area contributed by atoms with Crippen molar-refractivity contribution in [1.29, 1.82) is 0 Å². The summed E-state index contributed by atoms with van der Waals surface area (Å²) in [6, 6.07) is 0. The molecule has 0 aliphatic heterocycles. The molecule has 0 heterocycles. The standard InChI is InChI=1S/C46H84NO9P/c1-6-8-10-12-14-16-18-20-21-22-23-25-27-29-31-33-39-53-41-43(42-55-57(51,52)54-40-38-47(3,4)5)56-46(50)37-34-36-45(49)44(48)35-32-30-28-26-24-19-17-15-13-11-9-7-2/h9,11,15,17,24,26,30,32-33,39,43-45,48-49H,6-8,10,12-14,16,18-23,25,27-29,31,34-38,40-42H2,1-5H3/b11-9-,17-15-,26-24-,32-30-,39-33+/t43-,44-,45-/m1/s1. The molecule has 0 aromatic carbocycles. The molecule has 0 aromatic heterocycles. The zero-order valence-electron chi connectivity index (χ0n) is 36.7. The fourth-order valence-corrected chi connectivity index (χ4v) is 6.50. The number of allylic oxidation sites excluding steroid dienone is 8. The lowest BCUT2D eigenvalue weighted by molar-refractivity contribution is -0.870. The number of phosphoric ester groups is 1. The van der Waals surface area contributed by atoms with E-state index in [2.05, 4.69) is 50.3 Å². The second-order valence-corrected chi connectivity index (χ2v) is 17.5. The van der Waals surface area contributed by atoms with Crippen molar-refractivity contribution in [1.82, 2.24) is 0 Å². The van der Waals surface area contributed by atoms with Gasteiger partial charge in [0.05, 0.1) is 46.2 Å². The predicted molar refractivity (Wildman–Crippen MR) is 233 cm³/mol. The van der Waals surface area contributed by atoms with E-state index in [1.807, 2.05) is 39.4 Å². The molecule has 0 rings (SSSR count). The molecular formula is C46H84NO9P. The van der Waals surface area contributed by atoms with Crippen LogP contribution in [0.15, 0.2) is 60.9 Å². The molecule has 57 heavy (non-hydrogen) atoms. The van der Waals surface area contributed by atoms with E-state index in [9.17, 15) is 24.5 Å². The average Bonchev–Trinajstić information content (AvgIpc) is 3.16. The first-order chi connectivity index (χ1) is 27.4. The summed E-state index contributed by atoms with van der Waals surface area (Å²) in [7, 11) is 1.14. The minimum absolute atomic E-state index is 0.0196. The number of quaternary nitrogens is 1. The number of likely N-dealkylation sites (N-methyl/N-ethyl adjacent to an activating group) is 1. The molecule has 0 bridgehead atoms. The van der Waals surface area contributed by atoms with Crippen LogP contribution >= 0.6 is 7.82 Å². The fourth-order valence-electron chi connectivity index (χ4n) is 5.78. The first kappa shape index (κ1) is 55.0. The smallest absolute Gasteiger partial charge is 0.306 e. The Balaban J connectivity index is 4.54. The summed E-state index contributed by atoms with van der Waals surface area (Å²) >= 11 is 0. The van der Waals surface area contributed by atoms with Crippen molar-refractivity contribution in [3.8, 4) is 0 Å². The zero-order valence-corrected chi connectivity index (χ0v) is 37.6. The van der Waals surface area contributed by atoms with Crippen molar-refractivity contribution < 1.29 is 47.5 Å².